The molecule has 0 bridgehead atoms. The van der Waals surface area contributed by atoms with Crippen LogP contribution in [-0.4, -0.2) is 64.5 Å². The highest BCUT2D eigenvalue weighted by atomic mass is 16.6. The third-order valence-electron chi connectivity index (χ3n) is 3.78. The quantitative estimate of drug-likeness (QED) is 0.834. The van der Waals surface area contributed by atoms with Crippen LogP contribution in [-0.2, 0) is 4.74 Å². The van der Waals surface area contributed by atoms with Gasteiger partial charge in [0.05, 0.1) is 13.3 Å². The Bertz CT molecular complexity index is 729. The minimum atomic E-state index is -0.478. The number of nitrogens with zero attached hydrogens (tertiary/aromatic N) is 5. The van der Waals surface area contributed by atoms with Crippen molar-refractivity contribution in [2.75, 3.05) is 38.2 Å². The van der Waals surface area contributed by atoms with Gasteiger partial charge in [0.2, 0.25) is 5.88 Å². The summed E-state index contributed by atoms with van der Waals surface area (Å²) in [4.78, 5) is 20.4. The van der Waals surface area contributed by atoms with Gasteiger partial charge < -0.3 is 19.3 Å². The fourth-order valence-corrected chi connectivity index (χ4v) is 2.65. The summed E-state index contributed by atoms with van der Waals surface area (Å²) in [6.45, 7) is 8.21. The molecule has 0 aliphatic carbocycles. The maximum absolute atomic E-state index is 12.2. The predicted octanol–water partition coefficient (Wildman–Crippen LogP) is 1.79. The van der Waals surface area contributed by atoms with Gasteiger partial charge in [-0.15, -0.1) is 0 Å². The number of rotatable bonds is 2. The number of anilines is 1. The number of carbonyl (C=O) groups is 1. The van der Waals surface area contributed by atoms with Gasteiger partial charge in [0.1, 0.15) is 11.4 Å². The molecule has 1 fully saturated rings. The number of aromatic nitrogens is 3. The van der Waals surface area contributed by atoms with E-state index in [0.717, 1.165) is 11.5 Å². The van der Waals surface area contributed by atoms with Gasteiger partial charge in [0, 0.05) is 38.3 Å². The second kappa shape index (κ2) is 6.18. The normalized spacial score (nSPS) is 15.7. The van der Waals surface area contributed by atoms with Crippen molar-refractivity contribution in [1.82, 2.24) is 19.5 Å². The molecular weight excluding hydrogens is 310 g/mol. The first-order valence-electron chi connectivity index (χ1n) is 7.99. The van der Waals surface area contributed by atoms with Crippen molar-refractivity contribution in [3.63, 3.8) is 0 Å². The van der Waals surface area contributed by atoms with E-state index in [1.54, 1.807) is 22.7 Å². The molecule has 2 aromatic rings. The molecule has 1 aliphatic heterocycles. The second-order valence-electron chi connectivity index (χ2n) is 6.71. The number of ether oxygens (including phenoxy) is 2. The molecule has 1 amide bonds. The average Bonchev–Trinajstić information content (AvgIpc) is 3.00. The molecule has 1 aliphatic rings. The number of amides is 1. The van der Waals surface area contributed by atoms with E-state index >= 15 is 0 Å². The van der Waals surface area contributed by atoms with E-state index in [1.807, 2.05) is 32.9 Å². The lowest BCUT2D eigenvalue weighted by Gasteiger charge is -2.36. The number of piperazine rings is 1. The molecule has 3 rings (SSSR count). The number of fused-ring (bicyclic) bond motifs is 1. The van der Waals surface area contributed by atoms with E-state index in [1.165, 1.54) is 0 Å². The minimum absolute atomic E-state index is 0.265. The highest BCUT2D eigenvalue weighted by molar-refractivity contribution is 5.68. The molecule has 0 saturated carbocycles. The van der Waals surface area contributed by atoms with E-state index < -0.39 is 5.60 Å². The average molecular weight is 333 g/mol. The second-order valence-corrected chi connectivity index (χ2v) is 6.71. The van der Waals surface area contributed by atoms with E-state index in [9.17, 15) is 4.79 Å². The molecule has 0 radical (unpaired) electrons. The Balaban J connectivity index is 1.73. The Morgan fingerprint density at radius 1 is 1.21 bits per heavy atom. The van der Waals surface area contributed by atoms with Gasteiger partial charge in [-0.3, -0.25) is 0 Å². The van der Waals surface area contributed by atoms with Crippen LogP contribution in [0.3, 0.4) is 0 Å². The van der Waals surface area contributed by atoms with E-state index in [-0.39, 0.29) is 6.09 Å². The maximum atomic E-state index is 12.2. The number of hydrogen-bond donors (Lipinski definition) is 0. The predicted molar refractivity (Wildman–Crippen MR) is 89.6 cm³/mol. The van der Waals surface area contributed by atoms with Crippen molar-refractivity contribution in [2.45, 2.75) is 26.4 Å². The third-order valence-corrected chi connectivity index (χ3v) is 3.78. The summed E-state index contributed by atoms with van der Waals surface area (Å²) in [5, 5.41) is 4.32. The van der Waals surface area contributed by atoms with Crippen molar-refractivity contribution in [3.05, 3.63) is 18.3 Å². The molecular formula is C16H23N5O3. The van der Waals surface area contributed by atoms with Crippen LogP contribution in [0, 0.1) is 0 Å². The van der Waals surface area contributed by atoms with E-state index in [4.69, 9.17) is 9.47 Å². The lowest BCUT2D eigenvalue weighted by molar-refractivity contribution is 0.0240. The van der Waals surface area contributed by atoms with Crippen molar-refractivity contribution in [1.29, 1.82) is 0 Å². The van der Waals surface area contributed by atoms with Gasteiger partial charge in [-0.2, -0.15) is 14.6 Å². The standard InChI is InChI=1S/C16H23N5O3/c1-16(2,3)24-15(22)20-9-7-19(8-10-20)14-11-13(23-4)18-12-5-6-17-21(12)14/h5-6,11H,7-10H2,1-4H3. The van der Waals surface area contributed by atoms with Crippen LogP contribution in [0.4, 0.5) is 10.6 Å². The zero-order valence-electron chi connectivity index (χ0n) is 14.5. The SMILES string of the molecule is COc1cc(N2CCN(C(=O)OC(C)(C)C)CC2)n2nccc2n1. The summed E-state index contributed by atoms with van der Waals surface area (Å²) in [6.07, 6.45) is 1.45. The summed E-state index contributed by atoms with van der Waals surface area (Å²) >= 11 is 0. The van der Waals surface area contributed by atoms with Gasteiger partial charge >= 0.3 is 6.09 Å². The molecule has 0 atom stereocenters. The zero-order chi connectivity index (χ0) is 17.3. The molecule has 3 heterocycles. The van der Waals surface area contributed by atoms with Crippen LogP contribution >= 0.6 is 0 Å². The van der Waals surface area contributed by atoms with Crippen LogP contribution in [0.25, 0.3) is 5.65 Å². The Morgan fingerprint density at radius 3 is 2.54 bits per heavy atom. The summed E-state index contributed by atoms with van der Waals surface area (Å²) < 4.78 is 12.5. The van der Waals surface area contributed by atoms with Gasteiger partial charge in [-0.25, -0.2) is 4.79 Å². The molecule has 130 valence electrons. The molecule has 0 N–H and O–H groups in total. The lowest BCUT2D eigenvalue weighted by Crippen LogP contribution is -2.50. The number of hydrogen-bond acceptors (Lipinski definition) is 6. The number of methoxy groups -OCH3 is 1. The van der Waals surface area contributed by atoms with Crippen molar-refractivity contribution in [3.8, 4) is 5.88 Å². The minimum Gasteiger partial charge on any atom is -0.481 e. The lowest BCUT2D eigenvalue weighted by atomic mass is 10.2. The zero-order valence-corrected chi connectivity index (χ0v) is 14.5. The largest absolute Gasteiger partial charge is 0.481 e. The first-order chi connectivity index (χ1) is 11.4. The summed E-state index contributed by atoms with van der Waals surface area (Å²) in [5.74, 6) is 1.46. The van der Waals surface area contributed by atoms with Crippen LogP contribution in [0.5, 0.6) is 5.88 Å². The Hall–Kier alpha value is -2.51. The molecule has 0 aromatic carbocycles. The highest BCUT2D eigenvalue weighted by Gasteiger charge is 2.27. The fourth-order valence-electron chi connectivity index (χ4n) is 2.65. The summed E-state index contributed by atoms with van der Waals surface area (Å²) in [6, 6.07) is 3.70. The van der Waals surface area contributed by atoms with E-state index in [0.29, 0.717) is 32.1 Å². The molecule has 1 saturated heterocycles. The van der Waals surface area contributed by atoms with Gasteiger partial charge in [0.25, 0.3) is 0 Å². The molecule has 24 heavy (non-hydrogen) atoms. The summed E-state index contributed by atoms with van der Waals surface area (Å²) in [5.41, 5.74) is 0.257. The Kier molecular flexibility index (Phi) is 4.21. The monoisotopic (exact) mass is 333 g/mol. The topological polar surface area (TPSA) is 72.2 Å². The van der Waals surface area contributed by atoms with Crippen LogP contribution < -0.4 is 9.64 Å². The van der Waals surface area contributed by atoms with Crippen LogP contribution in [0.2, 0.25) is 0 Å². The molecule has 0 spiro atoms. The molecule has 2 aromatic heterocycles. The van der Waals surface area contributed by atoms with Crippen molar-refractivity contribution >= 4 is 17.6 Å². The first-order valence-corrected chi connectivity index (χ1v) is 7.99. The van der Waals surface area contributed by atoms with E-state index in [2.05, 4.69) is 15.0 Å². The van der Waals surface area contributed by atoms with Crippen molar-refractivity contribution in [2.24, 2.45) is 0 Å². The van der Waals surface area contributed by atoms with Crippen molar-refractivity contribution < 1.29 is 14.3 Å². The Labute approximate surface area is 141 Å². The van der Waals surface area contributed by atoms with Gasteiger partial charge in [-0.1, -0.05) is 0 Å². The Morgan fingerprint density at radius 2 is 1.92 bits per heavy atom. The highest BCUT2D eigenvalue weighted by Crippen LogP contribution is 2.22. The van der Waals surface area contributed by atoms with Gasteiger partial charge in [0.15, 0.2) is 5.65 Å². The number of carbonyl (C=O) groups excluding carboxylic acids is 1. The molecule has 0 unspecified atom stereocenters. The van der Waals surface area contributed by atoms with Gasteiger partial charge in [-0.05, 0) is 20.8 Å². The maximum Gasteiger partial charge on any atom is 0.410 e. The molecule has 8 nitrogen and oxygen atoms in total. The smallest absolute Gasteiger partial charge is 0.410 e. The fraction of sp³-hybridized carbons (Fsp3) is 0.562. The van der Waals surface area contributed by atoms with Crippen LogP contribution in [0.15, 0.2) is 18.3 Å². The first kappa shape index (κ1) is 16.4. The summed E-state index contributed by atoms with van der Waals surface area (Å²) in [7, 11) is 1.60. The van der Waals surface area contributed by atoms with Crippen LogP contribution in [0.1, 0.15) is 20.8 Å². The molecule has 8 heteroatoms. The third kappa shape index (κ3) is 3.37.